The van der Waals surface area contributed by atoms with Crippen LogP contribution < -0.4 is 15.4 Å². The molecule has 39 heavy (non-hydrogen) atoms. The van der Waals surface area contributed by atoms with E-state index in [1.807, 2.05) is 49.5 Å². The van der Waals surface area contributed by atoms with E-state index in [-0.39, 0.29) is 12.1 Å². The first-order valence-electron chi connectivity index (χ1n) is 12.7. The fraction of sp³-hybridized carbons (Fsp3) is 0.286. The molecule has 0 bridgehead atoms. The van der Waals surface area contributed by atoms with Crippen molar-refractivity contribution in [3.8, 4) is 28.4 Å². The Labute approximate surface area is 225 Å². The number of unbranched alkanes of at least 4 members (excludes halogenated alkanes) is 1. The fourth-order valence-electron chi connectivity index (χ4n) is 4.51. The summed E-state index contributed by atoms with van der Waals surface area (Å²) in [5, 5.41) is 3.81. The summed E-state index contributed by atoms with van der Waals surface area (Å²) < 4.78 is 9.85. The van der Waals surface area contributed by atoms with Gasteiger partial charge in [0.15, 0.2) is 11.6 Å². The van der Waals surface area contributed by atoms with Crippen LogP contribution in [-0.4, -0.2) is 55.7 Å². The molecule has 0 fully saturated rings. The molecule has 1 aliphatic heterocycles. The average Bonchev–Trinajstić information content (AvgIpc) is 3.41. The van der Waals surface area contributed by atoms with Crippen LogP contribution in [0.4, 0.5) is 5.95 Å². The van der Waals surface area contributed by atoms with Crippen LogP contribution in [0.25, 0.3) is 22.6 Å². The second-order valence-corrected chi connectivity index (χ2v) is 9.19. The minimum Gasteiger partial charge on any atom is -0.494 e. The molecule has 1 unspecified atom stereocenters. The van der Waals surface area contributed by atoms with Gasteiger partial charge < -0.3 is 9.64 Å². The number of methoxy groups -OCH3 is 1. The third-order valence-electron chi connectivity index (χ3n) is 6.62. The van der Waals surface area contributed by atoms with Gasteiger partial charge >= 0.3 is 5.76 Å². The molecule has 0 spiro atoms. The number of H-pyrrole nitrogens is 1. The molecule has 0 aliphatic carbocycles. The fourth-order valence-corrected chi connectivity index (χ4v) is 4.51. The topological polar surface area (TPSA) is 130 Å². The number of benzene rings is 1. The van der Waals surface area contributed by atoms with Gasteiger partial charge in [-0.25, -0.2) is 14.8 Å². The Kier molecular flexibility index (Phi) is 7.48. The molecule has 1 aromatic carbocycles. The van der Waals surface area contributed by atoms with Gasteiger partial charge in [0, 0.05) is 42.1 Å². The summed E-state index contributed by atoms with van der Waals surface area (Å²) in [7, 11) is 1.55. The molecule has 0 saturated heterocycles. The van der Waals surface area contributed by atoms with E-state index in [1.54, 1.807) is 30.6 Å². The zero-order valence-electron chi connectivity index (χ0n) is 22.0. The van der Waals surface area contributed by atoms with Crippen LogP contribution in [0, 0.1) is 0 Å². The molecule has 5 rings (SSSR count). The number of ether oxygens (including phenoxy) is 1. The standard InChI is InChI=1S/C28H29N7O4/c1-4-5-12-34-17-20(26(36)35(18(34)2)27-30-15-21(38-3)16-31-27)13-19-10-11-24(29-14-19)22-8-6-7-9-23(22)25-32-28(37)39-33-25/h6-11,14-18H,4-5,12-13H2,1-3H3,(H,32,33,37). The Balaban J connectivity index is 1.42. The smallest absolute Gasteiger partial charge is 0.439 e. The normalized spacial score (nSPS) is 15.4. The summed E-state index contributed by atoms with van der Waals surface area (Å²) in [6.07, 6.45) is 9.02. The molecular formula is C28H29N7O4. The predicted octanol–water partition coefficient (Wildman–Crippen LogP) is 3.81. The molecule has 0 radical (unpaired) electrons. The van der Waals surface area contributed by atoms with Crippen LogP contribution in [0.2, 0.25) is 0 Å². The summed E-state index contributed by atoms with van der Waals surface area (Å²) in [6.45, 7) is 4.92. The Bertz CT molecular complexity index is 1530. The molecule has 1 atom stereocenters. The number of hydrogen-bond acceptors (Lipinski definition) is 9. The number of hydrogen-bond donors (Lipinski definition) is 1. The van der Waals surface area contributed by atoms with Gasteiger partial charge in [-0.2, -0.15) is 0 Å². The van der Waals surface area contributed by atoms with Crippen molar-refractivity contribution in [3.63, 3.8) is 0 Å². The maximum Gasteiger partial charge on any atom is 0.439 e. The van der Waals surface area contributed by atoms with Crippen molar-refractivity contribution in [2.75, 3.05) is 18.6 Å². The second kappa shape index (κ2) is 11.3. The minimum atomic E-state index is -0.620. The highest BCUT2D eigenvalue weighted by atomic mass is 16.5. The number of carbonyl (C=O) groups excluding carboxylic acids is 1. The molecule has 1 N–H and O–H groups in total. The first-order valence-corrected chi connectivity index (χ1v) is 12.7. The van der Waals surface area contributed by atoms with Crippen LogP contribution in [0.15, 0.2) is 76.1 Å². The van der Waals surface area contributed by atoms with Crippen LogP contribution in [0.1, 0.15) is 32.3 Å². The number of carbonyl (C=O) groups is 1. The third kappa shape index (κ3) is 5.42. The highest BCUT2D eigenvalue weighted by molar-refractivity contribution is 6.06. The lowest BCUT2D eigenvalue weighted by molar-refractivity contribution is -0.117. The molecule has 1 aliphatic rings. The molecule has 0 saturated carbocycles. The van der Waals surface area contributed by atoms with Crippen LogP contribution in [0.5, 0.6) is 5.75 Å². The summed E-state index contributed by atoms with van der Waals surface area (Å²) in [5.74, 6) is 0.421. The van der Waals surface area contributed by atoms with Gasteiger partial charge in [-0.3, -0.25) is 24.2 Å². The Morgan fingerprint density at radius 3 is 2.44 bits per heavy atom. The maximum absolute atomic E-state index is 13.7. The zero-order chi connectivity index (χ0) is 27.4. The first-order chi connectivity index (χ1) is 19.0. The molecule has 11 nitrogen and oxygen atoms in total. The number of nitrogens with zero attached hydrogens (tertiary/aromatic N) is 6. The number of rotatable bonds is 9. The van der Waals surface area contributed by atoms with Gasteiger partial charge in [-0.1, -0.05) is 48.8 Å². The highest BCUT2D eigenvalue weighted by Crippen LogP contribution is 2.30. The van der Waals surface area contributed by atoms with E-state index in [1.165, 1.54) is 0 Å². The molecule has 11 heteroatoms. The van der Waals surface area contributed by atoms with Gasteiger partial charge in [-0.05, 0) is 25.0 Å². The number of nitrogens with one attached hydrogen (secondary N) is 1. The van der Waals surface area contributed by atoms with Gasteiger partial charge in [0.2, 0.25) is 5.95 Å². The summed E-state index contributed by atoms with van der Waals surface area (Å²) >= 11 is 0. The van der Waals surface area contributed by atoms with E-state index >= 15 is 0 Å². The van der Waals surface area contributed by atoms with Crippen molar-refractivity contribution in [1.82, 2.24) is 30.0 Å². The molecular weight excluding hydrogens is 498 g/mol. The molecule has 4 aromatic rings. The quantitative estimate of drug-likeness (QED) is 0.345. The summed E-state index contributed by atoms with van der Waals surface area (Å²) in [4.78, 5) is 44.9. The molecule has 1 amide bonds. The molecule has 4 heterocycles. The highest BCUT2D eigenvalue weighted by Gasteiger charge is 2.34. The monoisotopic (exact) mass is 527 g/mol. The van der Waals surface area contributed by atoms with Crippen LogP contribution in [0.3, 0.4) is 0 Å². The maximum atomic E-state index is 13.7. The molecule has 200 valence electrons. The Morgan fingerprint density at radius 1 is 1.03 bits per heavy atom. The van der Waals surface area contributed by atoms with Gasteiger partial charge in [0.05, 0.1) is 25.2 Å². The largest absolute Gasteiger partial charge is 0.494 e. The first kappa shape index (κ1) is 25.8. The van der Waals surface area contributed by atoms with Gasteiger partial charge in [0.1, 0.15) is 6.17 Å². The van der Waals surface area contributed by atoms with Crippen molar-refractivity contribution in [1.29, 1.82) is 0 Å². The average molecular weight is 528 g/mol. The van der Waals surface area contributed by atoms with Crippen molar-refractivity contribution >= 4 is 11.9 Å². The van der Waals surface area contributed by atoms with Crippen LogP contribution >= 0.6 is 0 Å². The Morgan fingerprint density at radius 2 is 1.79 bits per heavy atom. The summed E-state index contributed by atoms with van der Waals surface area (Å²) in [6, 6.07) is 11.3. The van der Waals surface area contributed by atoms with Crippen LogP contribution in [-0.2, 0) is 11.2 Å². The third-order valence-corrected chi connectivity index (χ3v) is 6.62. The summed E-state index contributed by atoms with van der Waals surface area (Å²) in [5.41, 5.74) is 3.70. The van der Waals surface area contributed by atoms with E-state index in [0.717, 1.165) is 30.5 Å². The number of aromatic amines is 1. The van der Waals surface area contributed by atoms with Gasteiger partial charge in [-0.15, -0.1) is 0 Å². The number of amides is 1. The lowest BCUT2D eigenvalue weighted by Crippen LogP contribution is -2.53. The van der Waals surface area contributed by atoms with E-state index in [2.05, 4.69) is 41.4 Å². The van der Waals surface area contributed by atoms with Gasteiger partial charge in [0.25, 0.3) is 5.91 Å². The lowest BCUT2D eigenvalue weighted by Gasteiger charge is -2.40. The zero-order valence-corrected chi connectivity index (χ0v) is 22.0. The Hall–Kier alpha value is -4.80. The number of anilines is 1. The second-order valence-electron chi connectivity index (χ2n) is 9.19. The van der Waals surface area contributed by atoms with E-state index in [9.17, 15) is 9.59 Å². The molecule has 3 aromatic heterocycles. The number of aromatic nitrogens is 5. The van der Waals surface area contributed by atoms with E-state index in [0.29, 0.717) is 40.8 Å². The van der Waals surface area contributed by atoms with Crippen molar-refractivity contribution in [2.45, 2.75) is 39.3 Å². The minimum absolute atomic E-state index is 0.148. The van der Waals surface area contributed by atoms with E-state index < -0.39 is 5.76 Å². The van der Waals surface area contributed by atoms with E-state index in [4.69, 9.17) is 4.74 Å². The van der Waals surface area contributed by atoms with Crippen molar-refractivity contribution in [3.05, 3.63) is 82.9 Å². The predicted molar refractivity (Wildman–Crippen MR) is 145 cm³/mol. The lowest BCUT2D eigenvalue weighted by atomic mass is 10.0. The van der Waals surface area contributed by atoms with Crippen molar-refractivity contribution in [2.24, 2.45) is 0 Å². The SMILES string of the molecule is CCCCN1C=C(Cc2ccc(-c3ccccc3-c3noc(=O)[nH]3)nc2)C(=O)N(c2ncc(OC)cn2)C1C. The number of pyridine rings is 1. The van der Waals surface area contributed by atoms with Crippen molar-refractivity contribution < 1.29 is 14.1 Å².